The lowest BCUT2D eigenvalue weighted by molar-refractivity contribution is 0.00952. The number of thiazole rings is 1. The minimum absolute atomic E-state index is 0.209. The zero-order valence-corrected chi connectivity index (χ0v) is 23.5. The lowest BCUT2D eigenvalue weighted by Crippen LogP contribution is -2.58. The van der Waals surface area contributed by atoms with Crippen molar-refractivity contribution in [2.45, 2.75) is 82.0 Å². The van der Waals surface area contributed by atoms with Gasteiger partial charge in [0.2, 0.25) is 0 Å². The normalized spacial score (nSPS) is 31.8. The van der Waals surface area contributed by atoms with Gasteiger partial charge >= 0.3 is 12.1 Å². The molecule has 1 unspecified atom stereocenters. The van der Waals surface area contributed by atoms with E-state index in [4.69, 9.17) is 14.5 Å². The summed E-state index contributed by atoms with van der Waals surface area (Å²) < 4.78 is 41.6. The van der Waals surface area contributed by atoms with Gasteiger partial charge in [-0.3, -0.25) is 9.80 Å². The molecule has 6 heterocycles. The van der Waals surface area contributed by atoms with Crippen LogP contribution in [0.2, 0.25) is 0 Å². The number of fused-ring (bicyclic) bond motifs is 4. The van der Waals surface area contributed by atoms with Crippen LogP contribution in [0.1, 0.15) is 46.5 Å². The topological polar surface area (TPSA) is 83.9 Å². The molecule has 4 saturated heterocycles. The van der Waals surface area contributed by atoms with E-state index in [1.54, 1.807) is 25.7 Å². The zero-order valence-electron chi connectivity index (χ0n) is 21.1. The Morgan fingerprint density at radius 3 is 2.78 bits per heavy atom. The Balaban J connectivity index is 1.26. The molecule has 9 nitrogen and oxygen atoms in total. The summed E-state index contributed by atoms with van der Waals surface area (Å²) in [7, 11) is 0. The van der Waals surface area contributed by atoms with Crippen molar-refractivity contribution in [2.75, 3.05) is 37.7 Å². The molecule has 0 aliphatic carbocycles. The summed E-state index contributed by atoms with van der Waals surface area (Å²) in [5.74, 6) is 0.561. The van der Waals surface area contributed by atoms with Crippen molar-refractivity contribution >= 4 is 49.5 Å². The Morgan fingerprint density at radius 1 is 1.22 bits per heavy atom. The van der Waals surface area contributed by atoms with E-state index in [-0.39, 0.29) is 30.6 Å². The first-order valence-electron chi connectivity index (χ1n) is 12.8. The second-order valence-electron chi connectivity index (χ2n) is 11.6. The van der Waals surface area contributed by atoms with Crippen molar-refractivity contribution in [1.82, 2.24) is 24.8 Å². The smallest absolute Gasteiger partial charge is 0.411 e. The Bertz CT molecular complexity index is 1210. The number of ether oxygens (including phenoxy) is 2. The number of carbonyl (C=O) groups is 1. The highest BCUT2D eigenvalue weighted by Gasteiger charge is 2.51. The number of carbonyl (C=O) groups excluding carboxylic acids is 1. The average Bonchev–Trinajstić information content (AvgIpc) is 3.49. The highest BCUT2D eigenvalue weighted by atomic mass is 79.9. The standard InChI is InChI=1S/C24H31BrF2N6O3S/c1-23(2,3)36-22(34)33-14-7-15(27)16(33)11-31(10-14)18-17-19(37-20(25)28-17)30-21(29-18)35-12-24-5-4-6-32(24)9-13(26)8-24/h13-16H,4-12H2,1-3H3/t13-,14-,15?,16-,24+/m1/s1. The molecule has 0 radical (unpaired) electrons. The molecule has 0 N–H and O–H groups in total. The van der Waals surface area contributed by atoms with Crippen LogP contribution in [0.25, 0.3) is 10.3 Å². The number of amides is 1. The molecule has 37 heavy (non-hydrogen) atoms. The van der Waals surface area contributed by atoms with Crippen LogP contribution in [0.15, 0.2) is 3.92 Å². The number of piperazine rings is 1. The van der Waals surface area contributed by atoms with Gasteiger partial charge in [-0.15, -0.1) is 0 Å². The quantitative estimate of drug-likeness (QED) is 0.512. The van der Waals surface area contributed by atoms with E-state index < -0.39 is 30.1 Å². The van der Waals surface area contributed by atoms with Crippen LogP contribution in [0.4, 0.5) is 19.4 Å². The fourth-order valence-corrected chi connectivity index (χ4v) is 7.65. The summed E-state index contributed by atoms with van der Waals surface area (Å²) in [6.45, 7) is 7.73. The molecule has 6 rings (SSSR count). The summed E-state index contributed by atoms with van der Waals surface area (Å²) in [6, 6.07) is -0.775. The van der Waals surface area contributed by atoms with Crippen molar-refractivity contribution in [2.24, 2.45) is 0 Å². The van der Waals surface area contributed by atoms with Crippen LogP contribution in [0.5, 0.6) is 6.01 Å². The molecule has 2 aromatic rings. The summed E-state index contributed by atoms with van der Waals surface area (Å²) in [5.41, 5.74) is -0.367. The van der Waals surface area contributed by atoms with Gasteiger partial charge in [0.25, 0.3) is 0 Å². The Kier molecular flexibility index (Phi) is 6.26. The summed E-state index contributed by atoms with van der Waals surface area (Å²) in [6.07, 6.45) is 0.148. The van der Waals surface area contributed by atoms with Crippen molar-refractivity contribution in [3.05, 3.63) is 3.92 Å². The molecule has 4 fully saturated rings. The highest BCUT2D eigenvalue weighted by Crippen LogP contribution is 2.42. The molecule has 2 aromatic heterocycles. The third-order valence-corrected chi connectivity index (χ3v) is 9.23. The summed E-state index contributed by atoms with van der Waals surface area (Å²) in [4.78, 5) is 33.2. The molecular weight excluding hydrogens is 570 g/mol. The van der Waals surface area contributed by atoms with E-state index in [2.05, 4.69) is 30.8 Å². The van der Waals surface area contributed by atoms with Crippen LogP contribution in [-0.2, 0) is 4.74 Å². The lowest BCUT2D eigenvalue weighted by atomic mass is 9.95. The molecule has 5 atom stereocenters. The van der Waals surface area contributed by atoms with Crippen LogP contribution < -0.4 is 9.64 Å². The maximum atomic E-state index is 15.1. The highest BCUT2D eigenvalue weighted by molar-refractivity contribution is 9.11. The zero-order chi connectivity index (χ0) is 26.1. The summed E-state index contributed by atoms with van der Waals surface area (Å²) in [5, 5.41) is 0. The van der Waals surface area contributed by atoms with Gasteiger partial charge in [-0.1, -0.05) is 11.3 Å². The molecule has 202 valence electrons. The SMILES string of the molecule is CC(C)(C)OC(=O)N1[C@@H]2CC(F)[C@H]1CN(c1nc(OC[C@@]34CCCN3C[C@H](F)C4)nc3sc(Br)nc13)C2. The van der Waals surface area contributed by atoms with Gasteiger partial charge in [0.1, 0.15) is 30.1 Å². The Morgan fingerprint density at radius 2 is 2.03 bits per heavy atom. The first-order chi connectivity index (χ1) is 17.5. The monoisotopic (exact) mass is 600 g/mol. The van der Waals surface area contributed by atoms with E-state index in [9.17, 15) is 9.18 Å². The van der Waals surface area contributed by atoms with Gasteiger partial charge in [0.15, 0.2) is 14.6 Å². The fraction of sp³-hybridized carbons (Fsp3) is 0.750. The predicted molar refractivity (Wildman–Crippen MR) is 139 cm³/mol. The first kappa shape index (κ1) is 25.4. The molecule has 4 aliphatic rings. The van der Waals surface area contributed by atoms with Crippen molar-refractivity contribution in [3.63, 3.8) is 0 Å². The van der Waals surface area contributed by atoms with Gasteiger partial charge < -0.3 is 14.4 Å². The third-order valence-electron chi connectivity index (χ3n) is 7.83. The third kappa shape index (κ3) is 4.64. The van der Waals surface area contributed by atoms with Gasteiger partial charge in [0, 0.05) is 32.5 Å². The van der Waals surface area contributed by atoms with Gasteiger partial charge in [-0.25, -0.2) is 18.6 Å². The summed E-state index contributed by atoms with van der Waals surface area (Å²) >= 11 is 4.82. The van der Waals surface area contributed by atoms with Crippen molar-refractivity contribution in [3.8, 4) is 6.01 Å². The minimum atomic E-state index is -1.15. The largest absolute Gasteiger partial charge is 0.461 e. The second-order valence-corrected chi connectivity index (χ2v) is 13.8. The number of halogens is 3. The lowest BCUT2D eigenvalue weighted by Gasteiger charge is -2.41. The van der Waals surface area contributed by atoms with Crippen molar-refractivity contribution < 1.29 is 23.0 Å². The first-order valence-corrected chi connectivity index (χ1v) is 14.4. The maximum absolute atomic E-state index is 15.1. The Hall–Kier alpha value is -1.86. The number of aromatic nitrogens is 3. The van der Waals surface area contributed by atoms with Crippen LogP contribution in [-0.4, -0.2) is 99.2 Å². The number of alkyl halides is 2. The Labute approximate surface area is 226 Å². The van der Waals surface area contributed by atoms with Crippen LogP contribution >= 0.6 is 27.3 Å². The number of nitrogens with zero attached hydrogens (tertiary/aromatic N) is 6. The van der Waals surface area contributed by atoms with Gasteiger partial charge in [0.05, 0.1) is 17.6 Å². The maximum Gasteiger partial charge on any atom is 0.411 e. The molecule has 0 spiro atoms. The van der Waals surface area contributed by atoms with Crippen molar-refractivity contribution in [1.29, 1.82) is 0 Å². The molecule has 2 bridgehead atoms. The molecular formula is C24H31BrF2N6O3S. The van der Waals surface area contributed by atoms with E-state index in [1.807, 2.05) is 4.90 Å². The predicted octanol–water partition coefficient (Wildman–Crippen LogP) is 4.34. The molecule has 0 aromatic carbocycles. The van der Waals surface area contributed by atoms with Gasteiger partial charge in [-0.05, 0) is 56.1 Å². The minimum Gasteiger partial charge on any atom is -0.461 e. The molecule has 0 saturated carbocycles. The van der Waals surface area contributed by atoms with E-state index in [0.717, 1.165) is 19.4 Å². The number of rotatable bonds is 4. The number of hydrogen-bond acceptors (Lipinski definition) is 9. The average molecular weight is 602 g/mol. The van der Waals surface area contributed by atoms with E-state index in [0.29, 0.717) is 46.2 Å². The number of hydrogen-bond donors (Lipinski definition) is 0. The van der Waals surface area contributed by atoms with Gasteiger partial charge in [-0.2, -0.15) is 9.97 Å². The number of anilines is 1. The molecule has 13 heteroatoms. The van der Waals surface area contributed by atoms with E-state index >= 15 is 4.39 Å². The molecule has 4 aliphatic heterocycles. The van der Waals surface area contributed by atoms with Crippen LogP contribution in [0.3, 0.4) is 0 Å². The van der Waals surface area contributed by atoms with Crippen LogP contribution in [0, 0.1) is 0 Å². The molecule has 1 amide bonds. The second kappa shape index (κ2) is 9.11. The van der Waals surface area contributed by atoms with E-state index in [1.165, 1.54) is 11.3 Å². The fourth-order valence-electron chi connectivity index (χ4n) is 6.36.